The Hall–Kier alpha value is -2.28. The van der Waals surface area contributed by atoms with Crippen LogP contribution in [0.5, 0.6) is 0 Å². The lowest BCUT2D eigenvalue weighted by atomic mass is 10.2. The maximum Gasteiger partial charge on any atom is 0.222 e. The molecule has 2 heterocycles. The minimum Gasteiger partial charge on any atom is -0.369 e. The first-order chi connectivity index (χ1) is 15.2. The molecule has 172 valence electrons. The van der Waals surface area contributed by atoms with Gasteiger partial charge in [0.15, 0.2) is 5.96 Å². The first kappa shape index (κ1) is 23.4. The maximum atomic E-state index is 11.7. The van der Waals surface area contributed by atoms with Gasteiger partial charge < -0.3 is 20.4 Å². The van der Waals surface area contributed by atoms with E-state index in [-0.39, 0.29) is 0 Å². The number of carbonyl (C=O) groups is 1. The van der Waals surface area contributed by atoms with E-state index in [0.29, 0.717) is 12.3 Å². The van der Waals surface area contributed by atoms with Gasteiger partial charge in [0.05, 0.1) is 0 Å². The third-order valence-corrected chi connectivity index (χ3v) is 6.05. The predicted octanol–water partition coefficient (Wildman–Crippen LogP) is 2.07. The Morgan fingerprint density at radius 1 is 1.06 bits per heavy atom. The van der Waals surface area contributed by atoms with E-state index >= 15 is 0 Å². The van der Waals surface area contributed by atoms with Crippen molar-refractivity contribution in [3.05, 3.63) is 29.8 Å². The minimum absolute atomic E-state index is 0.300. The fourth-order valence-corrected chi connectivity index (χ4v) is 4.30. The molecule has 2 aliphatic rings. The highest BCUT2D eigenvalue weighted by molar-refractivity contribution is 5.79. The van der Waals surface area contributed by atoms with Crippen LogP contribution in [0.15, 0.2) is 29.3 Å². The lowest BCUT2D eigenvalue weighted by Gasteiger charge is -2.36. The highest BCUT2D eigenvalue weighted by Gasteiger charge is 2.19. The van der Waals surface area contributed by atoms with E-state index in [1.807, 2.05) is 4.90 Å². The summed E-state index contributed by atoms with van der Waals surface area (Å²) in [4.78, 5) is 23.4. The van der Waals surface area contributed by atoms with Crippen molar-refractivity contribution in [1.82, 2.24) is 20.4 Å². The summed E-state index contributed by atoms with van der Waals surface area (Å²) in [5.74, 6) is 1.19. The number of carbonyl (C=O) groups excluding carboxylic acids is 1. The van der Waals surface area contributed by atoms with Gasteiger partial charge in [-0.1, -0.05) is 12.1 Å². The Balaban J connectivity index is 1.29. The second-order valence-electron chi connectivity index (χ2n) is 8.55. The van der Waals surface area contributed by atoms with Crippen LogP contribution < -0.4 is 15.5 Å². The summed E-state index contributed by atoms with van der Waals surface area (Å²) in [6, 6.07) is 8.81. The standard InChI is InChI=1S/C24H40N6O/c1-3-25-24(27-12-7-15-30-14-5-10-23(30)31)26-11-6-13-28-16-18-29(19-17-28)22-9-4-8-21(2)20-22/h4,8-9,20H,3,5-7,10-19H2,1-2H3,(H2,25,26,27). The monoisotopic (exact) mass is 428 g/mol. The number of hydrogen-bond donors (Lipinski definition) is 2. The zero-order valence-electron chi connectivity index (χ0n) is 19.4. The number of anilines is 1. The molecule has 2 N–H and O–H groups in total. The van der Waals surface area contributed by atoms with Crippen LogP contribution in [-0.4, -0.2) is 87.1 Å². The van der Waals surface area contributed by atoms with E-state index in [9.17, 15) is 4.79 Å². The zero-order chi connectivity index (χ0) is 21.9. The van der Waals surface area contributed by atoms with Gasteiger partial charge in [-0.05, 0) is 57.4 Å². The molecule has 1 amide bonds. The molecule has 0 aliphatic carbocycles. The molecule has 7 heteroatoms. The molecule has 31 heavy (non-hydrogen) atoms. The van der Waals surface area contributed by atoms with E-state index in [1.165, 1.54) is 11.3 Å². The Kier molecular flexibility index (Phi) is 9.46. The third-order valence-electron chi connectivity index (χ3n) is 6.05. The summed E-state index contributed by atoms with van der Waals surface area (Å²) in [7, 11) is 0. The maximum absolute atomic E-state index is 11.7. The second kappa shape index (κ2) is 12.5. The van der Waals surface area contributed by atoms with Gasteiger partial charge in [-0.2, -0.15) is 0 Å². The van der Waals surface area contributed by atoms with Crippen molar-refractivity contribution in [2.24, 2.45) is 4.99 Å². The summed E-state index contributed by atoms with van der Waals surface area (Å²) in [6.07, 6.45) is 3.76. The highest BCUT2D eigenvalue weighted by atomic mass is 16.2. The van der Waals surface area contributed by atoms with Crippen LogP contribution in [-0.2, 0) is 4.79 Å². The van der Waals surface area contributed by atoms with Crippen LogP contribution in [0.2, 0.25) is 0 Å². The van der Waals surface area contributed by atoms with Crippen LogP contribution in [0.1, 0.15) is 38.2 Å². The largest absolute Gasteiger partial charge is 0.369 e. The fraction of sp³-hybridized carbons (Fsp3) is 0.667. The first-order valence-corrected chi connectivity index (χ1v) is 12.0. The number of hydrogen-bond acceptors (Lipinski definition) is 4. The number of rotatable bonds is 10. The van der Waals surface area contributed by atoms with Crippen molar-refractivity contribution in [3.63, 3.8) is 0 Å². The van der Waals surface area contributed by atoms with Crippen LogP contribution in [0.4, 0.5) is 5.69 Å². The van der Waals surface area contributed by atoms with E-state index in [2.05, 4.69) is 63.5 Å². The number of guanidine groups is 1. The van der Waals surface area contributed by atoms with Gasteiger partial charge in [0.1, 0.15) is 0 Å². The van der Waals surface area contributed by atoms with Crippen molar-refractivity contribution in [2.45, 2.75) is 39.5 Å². The molecule has 3 rings (SSSR count). The molecule has 0 atom stereocenters. The molecule has 0 radical (unpaired) electrons. The second-order valence-corrected chi connectivity index (χ2v) is 8.55. The van der Waals surface area contributed by atoms with Crippen molar-refractivity contribution >= 4 is 17.6 Å². The van der Waals surface area contributed by atoms with Crippen molar-refractivity contribution in [3.8, 4) is 0 Å². The van der Waals surface area contributed by atoms with Gasteiger partial charge >= 0.3 is 0 Å². The molecule has 7 nitrogen and oxygen atoms in total. The number of likely N-dealkylation sites (tertiary alicyclic amines) is 1. The Morgan fingerprint density at radius 3 is 2.61 bits per heavy atom. The molecular weight excluding hydrogens is 388 g/mol. The molecule has 2 aliphatic heterocycles. The van der Waals surface area contributed by atoms with Gasteiger partial charge in [-0.15, -0.1) is 0 Å². The van der Waals surface area contributed by atoms with Crippen molar-refractivity contribution in [1.29, 1.82) is 0 Å². The number of benzene rings is 1. The van der Waals surface area contributed by atoms with E-state index in [1.54, 1.807) is 0 Å². The number of nitrogens with one attached hydrogen (secondary N) is 2. The van der Waals surface area contributed by atoms with Crippen LogP contribution >= 0.6 is 0 Å². The van der Waals surface area contributed by atoms with E-state index in [4.69, 9.17) is 0 Å². The van der Waals surface area contributed by atoms with Crippen molar-refractivity contribution in [2.75, 3.05) is 70.3 Å². The number of amides is 1. The van der Waals surface area contributed by atoms with Gasteiger partial charge in [-0.25, -0.2) is 0 Å². The first-order valence-electron chi connectivity index (χ1n) is 12.0. The zero-order valence-corrected chi connectivity index (χ0v) is 19.4. The SMILES string of the molecule is CCNC(=NCCCN1CCCC1=O)NCCCN1CCN(c2cccc(C)c2)CC1. The molecule has 1 aromatic carbocycles. The quantitative estimate of drug-likeness (QED) is 0.339. The fourth-order valence-electron chi connectivity index (χ4n) is 4.30. The molecule has 0 saturated carbocycles. The molecule has 2 fully saturated rings. The highest BCUT2D eigenvalue weighted by Crippen LogP contribution is 2.17. The Labute approximate surface area is 187 Å². The topological polar surface area (TPSA) is 63.2 Å². The molecule has 2 saturated heterocycles. The average molecular weight is 429 g/mol. The molecule has 1 aromatic rings. The molecular formula is C24H40N6O. The van der Waals surface area contributed by atoms with Crippen molar-refractivity contribution < 1.29 is 4.79 Å². The van der Waals surface area contributed by atoms with E-state index in [0.717, 1.165) is 90.7 Å². The van der Waals surface area contributed by atoms with Gasteiger partial charge in [-0.3, -0.25) is 14.7 Å². The smallest absolute Gasteiger partial charge is 0.222 e. The minimum atomic E-state index is 0.300. The number of aryl methyl sites for hydroxylation is 1. The Bertz CT molecular complexity index is 714. The van der Waals surface area contributed by atoms with Gasteiger partial charge in [0.2, 0.25) is 5.91 Å². The third kappa shape index (κ3) is 7.73. The van der Waals surface area contributed by atoms with Crippen LogP contribution in [0, 0.1) is 6.92 Å². The molecule has 0 bridgehead atoms. The van der Waals surface area contributed by atoms with E-state index < -0.39 is 0 Å². The number of nitrogens with zero attached hydrogens (tertiary/aromatic N) is 4. The lowest BCUT2D eigenvalue weighted by molar-refractivity contribution is -0.127. The summed E-state index contributed by atoms with van der Waals surface area (Å²) in [6.45, 7) is 14.1. The number of piperazine rings is 1. The van der Waals surface area contributed by atoms with Crippen LogP contribution in [0.3, 0.4) is 0 Å². The molecule has 0 spiro atoms. The Morgan fingerprint density at radius 2 is 1.90 bits per heavy atom. The van der Waals surface area contributed by atoms with Gasteiger partial charge in [0, 0.05) is 71.0 Å². The summed E-state index contributed by atoms with van der Waals surface area (Å²) in [5, 5.41) is 6.78. The predicted molar refractivity (Wildman–Crippen MR) is 129 cm³/mol. The average Bonchev–Trinajstić information content (AvgIpc) is 3.19. The number of aliphatic imine (C=N–C) groups is 1. The molecule has 0 unspecified atom stereocenters. The lowest BCUT2D eigenvalue weighted by Crippen LogP contribution is -2.47. The summed E-state index contributed by atoms with van der Waals surface area (Å²) in [5.41, 5.74) is 2.68. The summed E-state index contributed by atoms with van der Waals surface area (Å²) >= 11 is 0. The van der Waals surface area contributed by atoms with Gasteiger partial charge in [0.25, 0.3) is 0 Å². The van der Waals surface area contributed by atoms with Crippen LogP contribution in [0.25, 0.3) is 0 Å². The normalized spacial score (nSPS) is 18.0. The summed E-state index contributed by atoms with van der Waals surface area (Å²) < 4.78 is 0. The molecule has 0 aromatic heterocycles.